The average Bonchev–Trinajstić information content (AvgIpc) is 3.02. The lowest BCUT2D eigenvalue weighted by Crippen LogP contribution is -2.48. The average molecular weight is 656 g/mol. The lowest BCUT2D eigenvalue weighted by Gasteiger charge is -2.43. The Morgan fingerprint density at radius 1 is 0.556 bits per heavy atom. The van der Waals surface area contributed by atoms with E-state index in [1.165, 1.54) is 128 Å². The van der Waals surface area contributed by atoms with Crippen LogP contribution in [0.15, 0.2) is 0 Å². The second kappa shape index (κ2) is 29.4. The smallest absolute Gasteiger partial charge is 0.323 e. The predicted octanol–water partition coefficient (Wildman–Crippen LogP) is 11.0. The molecule has 0 aliphatic carbocycles. The fourth-order valence-electron chi connectivity index (χ4n) is 6.37. The van der Waals surface area contributed by atoms with E-state index < -0.39 is 10.0 Å². The second-order valence-corrected chi connectivity index (χ2v) is 18.8. The Morgan fingerprint density at radius 3 is 1.31 bits per heavy atom. The Balaban J connectivity index is 2.19. The van der Waals surface area contributed by atoms with E-state index in [2.05, 4.69) is 31.3 Å². The van der Waals surface area contributed by atoms with Crippen molar-refractivity contribution in [1.82, 2.24) is 4.90 Å². The lowest BCUT2D eigenvalue weighted by atomic mass is 10.1. The van der Waals surface area contributed by atoms with Gasteiger partial charge in [-0.15, -0.1) is 0 Å². The minimum Gasteiger partial charge on any atom is -0.466 e. The van der Waals surface area contributed by atoms with Gasteiger partial charge in [-0.2, -0.15) is 0 Å². The number of carbonyl (C=O) groups is 2. The van der Waals surface area contributed by atoms with Gasteiger partial charge in [-0.05, 0) is 43.3 Å². The van der Waals surface area contributed by atoms with Crippen molar-refractivity contribution in [2.24, 2.45) is 0 Å². The van der Waals surface area contributed by atoms with Crippen LogP contribution < -0.4 is 0 Å². The summed E-state index contributed by atoms with van der Waals surface area (Å²) in [5.74, 6) is 2.00. The van der Waals surface area contributed by atoms with Gasteiger partial charge in [-0.25, -0.2) is 10.0 Å². The number of hydrogen-bond acceptors (Lipinski definition) is 5. The Bertz CT molecular complexity index is 691. The molecular formula is C39H77NO4S. The Morgan fingerprint density at radius 2 is 0.911 bits per heavy atom. The fourth-order valence-corrected chi connectivity index (χ4v) is 8.03. The number of unbranched alkanes of at least 4 members (excludes halogenated alkanes) is 22. The highest BCUT2D eigenvalue weighted by Crippen LogP contribution is 2.42. The topological polar surface area (TPSA) is 55.8 Å². The van der Waals surface area contributed by atoms with E-state index in [-0.39, 0.29) is 18.0 Å². The zero-order valence-electron chi connectivity index (χ0n) is 30.7. The predicted molar refractivity (Wildman–Crippen MR) is 198 cm³/mol. The van der Waals surface area contributed by atoms with Crippen molar-refractivity contribution in [2.75, 3.05) is 50.3 Å². The van der Waals surface area contributed by atoms with Gasteiger partial charge in [-0.1, -0.05) is 155 Å². The molecule has 1 saturated heterocycles. The van der Waals surface area contributed by atoms with Gasteiger partial charge < -0.3 is 9.47 Å². The summed E-state index contributed by atoms with van der Waals surface area (Å²) in [4.78, 5) is 28.0. The molecule has 1 aliphatic heterocycles. The van der Waals surface area contributed by atoms with Crippen LogP contribution in [0.1, 0.15) is 181 Å². The van der Waals surface area contributed by atoms with Crippen molar-refractivity contribution in [1.29, 1.82) is 0 Å². The first-order chi connectivity index (χ1) is 21.9. The van der Waals surface area contributed by atoms with Gasteiger partial charge in [0.05, 0.1) is 13.2 Å². The molecule has 1 unspecified atom stereocenters. The molecule has 0 radical (unpaired) electrons. The maximum atomic E-state index is 13.2. The minimum absolute atomic E-state index is 0.137. The molecule has 0 aromatic carbocycles. The van der Waals surface area contributed by atoms with Crippen LogP contribution in [0, 0.1) is 0 Å². The van der Waals surface area contributed by atoms with Gasteiger partial charge in [0.1, 0.15) is 6.04 Å². The minimum atomic E-state index is -0.564. The highest BCUT2D eigenvalue weighted by molar-refractivity contribution is 8.32. The summed E-state index contributed by atoms with van der Waals surface area (Å²) >= 11 is 0. The van der Waals surface area contributed by atoms with Gasteiger partial charge >= 0.3 is 11.9 Å². The summed E-state index contributed by atoms with van der Waals surface area (Å²) in [6, 6.07) is -0.322. The number of hydrogen-bond donors (Lipinski definition) is 0. The van der Waals surface area contributed by atoms with Crippen LogP contribution in [-0.2, 0) is 19.1 Å². The Labute approximate surface area is 282 Å². The molecule has 0 saturated carbocycles. The van der Waals surface area contributed by atoms with Crippen molar-refractivity contribution in [3.05, 3.63) is 0 Å². The van der Waals surface area contributed by atoms with Crippen molar-refractivity contribution < 1.29 is 19.1 Å². The maximum absolute atomic E-state index is 13.2. The monoisotopic (exact) mass is 656 g/mol. The third-order valence-corrected chi connectivity index (χ3v) is 12.3. The van der Waals surface area contributed by atoms with E-state index in [1.54, 1.807) is 0 Å². The van der Waals surface area contributed by atoms with E-state index in [0.29, 0.717) is 26.1 Å². The first-order valence-corrected chi connectivity index (χ1v) is 22.4. The highest BCUT2D eigenvalue weighted by Gasteiger charge is 2.32. The van der Waals surface area contributed by atoms with Crippen LogP contribution in [-0.4, -0.2) is 73.2 Å². The summed E-state index contributed by atoms with van der Waals surface area (Å²) in [6.45, 7) is 7.40. The summed E-state index contributed by atoms with van der Waals surface area (Å²) in [5, 5.41) is 0. The quantitative estimate of drug-likeness (QED) is 0.0549. The van der Waals surface area contributed by atoms with Gasteiger partial charge in [0, 0.05) is 19.5 Å². The van der Waals surface area contributed by atoms with Crippen molar-refractivity contribution in [3.8, 4) is 0 Å². The third kappa shape index (κ3) is 25.0. The number of esters is 2. The maximum Gasteiger partial charge on any atom is 0.323 e. The molecule has 1 heterocycles. The third-order valence-electron chi connectivity index (χ3n) is 9.70. The summed E-state index contributed by atoms with van der Waals surface area (Å²) in [7, 11) is -0.564. The lowest BCUT2D eigenvalue weighted by molar-refractivity contribution is -0.151. The molecular weight excluding hydrogens is 578 g/mol. The molecule has 1 rings (SSSR count). The molecule has 1 atom stereocenters. The van der Waals surface area contributed by atoms with E-state index in [9.17, 15) is 9.59 Å². The molecule has 1 aliphatic rings. The normalized spacial score (nSPS) is 16.4. The van der Waals surface area contributed by atoms with Gasteiger partial charge in [-0.3, -0.25) is 14.5 Å². The zero-order valence-corrected chi connectivity index (χ0v) is 31.5. The van der Waals surface area contributed by atoms with Crippen molar-refractivity contribution in [3.63, 3.8) is 0 Å². The molecule has 0 bridgehead atoms. The van der Waals surface area contributed by atoms with E-state index in [1.807, 2.05) is 0 Å². The first-order valence-electron chi connectivity index (χ1n) is 19.6. The summed E-state index contributed by atoms with van der Waals surface area (Å²) in [6.07, 6.45) is 36.7. The number of rotatable bonds is 31. The van der Waals surface area contributed by atoms with E-state index in [0.717, 1.165) is 50.3 Å². The molecule has 0 amide bonds. The molecule has 0 spiro atoms. The molecule has 268 valence electrons. The largest absolute Gasteiger partial charge is 0.466 e. The van der Waals surface area contributed by atoms with E-state index in [4.69, 9.17) is 9.47 Å². The standard InChI is InChI=1S/C39H77NO4S/c1-5-7-9-11-13-15-17-19-21-23-25-27-33-43-38(41)30-29-37(40-31-35-45(3,4)36-32-40)39(42)44-34-28-26-24-22-20-18-16-14-12-10-8-6-2/h37H,5-36H2,1-4H3. The number of ether oxygens (including phenoxy) is 2. The van der Waals surface area contributed by atoms with Gasteiger partial charge in [0.2, 0.25) is 0 Å². The van der Waals surface area contributed by atoms with Crippen LogP contribution in [0.25, 0.3) is 0 Å². The molecule has 45 heavy (non-hydrogen) atoms. The summed E-state index contributed by atoms with van der Waals surface area (Å²) in [5.41, 5.74) is 0. The molecule has 5 nitrogen and oxygen atoms in total. The Kier molecular flexibility index (Phi) is 27.6. The zero-order chi connectivity index (χ0) is 32.9. The van der Waals surface area contributed by atoms with Crippen LogP contribution in [0.5, 0.6) is 0 Å². The summed E-state index contributed by atoms with van der Waals surface area (Å²) < 4.78 is 11.4. The number of nitrogens with zero attached hydrogens (tertiary/aromatic N) is 1. The molecule has 1 fully saturated rings. The fraction of sp³-hybridized carbons (Fsp3) is 0.949. The first kappa shape index (κ1) is 42.3. The molecule has 0 aromatic rings. The van der Waals surface area contributed by atoms with Crippen LogP contribution in [0.3, 0.4) is 0 Å². The second-order valence-electron chi connectivity index (χ2n) is 14.4. The highest BCUT2D eigenvalue weighted by atomic mass is 32.3. The van der Waals surface area contributed by atoms with Crippen LogP contribution >= 0.6 is 10.0 Å². The van der Waals surface area contributed by atoms with Crippen molar-refractivity contribution in [2.45, 2.75) is 187 Å². The Hall–Kier alpha value is -0.750. The van der Waals surface area contributed by atoms with Crippen LogP contribution in [0.4, 0.5) is 0 Å². The van der Waals surface area contributed by atoms with Crippen molar-refractivity contribution >= 4 is 22.0 Å². The molecule has 0 aromatic heterocycles. The molecule has 0 N–H and O–H groups in total. The van der Waals surface area contributed by atoms with E-state index >= 15 is 0 Å². The SMILES string of the molecule is CCCCCCCCCCCCCCOC(=O)CCC(C(=O)OCCCCCCCCCCCCCC)N1CCS(C)(C)CC1. The van der Waals surface area contributed by atoms with Gasteiger partial charge in [0.25, 0.3) is 0 Å². The molecule has 6 heteroatoms. The van der Waals surface area contributed by atoms with Crippen LogP contribution in [0.2, 0.25) is 0 Å². The number of carbonyl (C=O) groups excluding carboxylic acids is 2. The van der Waals surface area contributed by atoms with Gasteiger partial charge in [0.15, 0.2) is 0 Å².